The molecule has 2 N–H and O–H groups in total. The number of anilines is 1. The van der Waals surface area contributed by atoms with Crippen molar-refractivity contribution in [1.29, 1.82) is 0 Å². The summed E-state index contributed by atoms with van der Waals surface area (Å²) in [5, 5.41) is 5.06. The Bertz CT molecular complexity index is 851. The highest BCUT2D eigenvalue weighted by Gasteiger charge is 2.49. The van der Waals surface area contributed by atoms with Crippen LogP contribution in [0.5, 0.6) is 0 Å². The second-order valence-electron chi connectivity index (χ2n) is 7.38. The maximum atomic E-state index is 12.7. The van der Waals surface area contributed by atoms with Crippen LogP contribution in [0.1, 0.15) is 43.0 Å². The van der Waals surface area contributed by atoms with Gasteiger partial charge in [-0.05, 0) is 43.0 Å². The fourth-order valence-corrected chi connectivity index (χ4v) is 3.83. The molecule has 29 heavy (non-hydrogen) atoms. The minimum absolute atomic E-state index is 0.122. The lowest BCUT2D eigenvalue weighted by atomic mass is 9.85. The van der Waals surface area contributed by atoms with Gasteiger partial charge in [0.05, 0.1) is 0 Å². The molecule has 0 bridgehead atoms. The number of benzene rings is 1. The number of imide groups is 2. The van der Waals surface area contributed by atoms with E-state index in [9.17, 15) is 24.0 Å². The van der Waals surface area contributed by atoms with Crippen molar-refractivity contribution in [1.82, 2.24) is 15.1 Å². The molecule has 1 saturated heterocycles. The normalized spacial score (nSPS) is 22.1. The summed E-state index contributed by atoms with van der Waals surface area (Å²) in [6.07, 6.45) is 3.49. The zero-order valence-electron chi connectivity index (χ0n) is 16.4. The summed E-state index contributed by atoms with van der Waals surface area (Å²) in [5.41, 5.74) is 0.837. The van der Waals surface area contributed by atoms with Crippen LogP contribution in [0.2, 0.25) is 0 Å². The molecule has 9 nitrogen and oxygen atoms in total. The fourth-order valence-electron chi connectivity index (χ4n) is 3.83. The summed E-state index contributed by atoms with van der Waals surface area (Å²) >= 11 is 0. The van der Waals surface area contributed by atoms with E-state index in [4.69, 9.17) is 0 Å². The van der Waals surface area contributed by atoms with E-state index in [0.717, 1.165) is 24.2 Å². The van der Waals surface area contributed by atoms with Crippen LogP contribution in [0.25, 0.3) is 0 Å². The molecule has 9 heteroatoms. The van der Waals surface area contributed by atoms with Gasteiger partial charge in [0.1, 0.15) is 6.54 Å². The van der Waals surface area contributed by atoms with Crippen molar-refractivity contribution in [3.05, 3.63) is 29.8 Å². The van der Waals surface area contributed by atoms with Crippen LogP contribution in [0.3, 0.4) is 0 Å². The predicted molar refractivity (Wildman–Crippen MR) is 104 cm³/mol. The number of carbonyl (C=O) groups excluding carboxylic acids is 5. The Morgan fingerprint density at radius 3 is 2.31 bits per heavy atom. The predicted octanol–water partition coefficient (Wildman–Crippen LogP) is 1.35. The molecule has 1 aliphatic heterocycles. The number of nitrogens with zero attached hydrogens (tertiary/aromatic N) is 2. The van der Waals surface area contributed by atoms with Gasteiger partial charge in [-0.2, -0.15) is 0 Å². The second kappa shape index (κ2) is 8.42. The van der Waals surface area contributed by atoms with Crippen LogP contribution in [-0.2, 0) is 14.4 Å². The maximum Gasteiger partial charge on any atom is 0.334 e. The number of carbonyl (C=O) groups is 5. The molecule has 2 fully saturated rings. The van der Waals surface area contributed by atoms with Gasteiger partial charge >= 0.3 is 17.8 Å². The monoisotopic (exact) mass is 400 g/mol. The first-order chi connectivity index (χ1) is 13.8. The first kappa shape index (κ1) is 20.5. The fraction of sp³-hybridized carbons (Fsp3) is 0.450. The second-order valence-corrected chi connectivity index (χ2v) is 7.38. The largest absolute Gasteiger partial charge is 0.355 e. The SMILES string of the molecule is CNC(=O)c1ccc(NC(=O)CN2C(=O)C(=O)N([C@H]3CCCC[C@@H]3C)C2=O)cc1. The van der Waals surface area contributed by atoms with E-state index < -0.39 is 30.3 Å². The number of nitrogens with one attached hydrogen (secondary N) is 2. The smallest absolute Gasteiger partial charge is 0.334 e. The summed E-state index contributed by atoms with van der Waals surface area (Å²) < 4.78 is 0. The van der Waals surface area contributed by atoms with E-state index >= 15 is 0 Å². The summed E-state index contributed by atoms with van der Waals surface area (Å²) in [7, 11) is 1.51. The van der Waals surface area contributed by atoms with Crippen molar-refractivity contribution in [2.75, 3.05) is 18.9 Å². The average Bonchev–Trinajstić information content (AvgIpc) is 2.92. The highest BCUT2D eigenvalue weighted by molar-refractivity contribution is 6.45. The van der Waals surface area contributed by atoms with E-state index in [-0.39, 0.29) is 17.9 Å². The van der Waals surface area contributed by atoms with Crippen LogP contribution in [-0.4, -0.2) is 59.1 Å². The summed E-state index contributed by atoms with van der Waals surface area (Å²) in [6.45, 7) is 1.42. The lowest BCUT2D eigenvalue weighted by Crippen LogP contribution is -2.46. The van der Waals surface area contributed by atoms with Crippen LogP contribution in [0.4, 0.5) is 10.5 Å². The Balaban J connectivity index is 1.65. The summed E-state index contributed by atoms with van der Waals surface area (Å²) in [5.74, 6) is -2.58. The summed E-state index contributed by atoms with van der Waals surface area (Å²) in [6, 6.07) is 5.11. The van der Waals surface area contributed by atoms with E-state index in [2.05, 4.69) is 10.6 Å². The standard InChI is InChI=1S/C20H24N4O5/c1-12-5-3-4-6-15(12)24-19(28)18(27)23(20(24)29)11-16(25)22-14-9-7-13(8-10-14)17(26)21-2/h7-10,12,15H,3-6,11H2,1-2H3,(H,21,26)(H,22,25)/t12-,15-/m0/s1. The molecule has 2 aliphatic rings. The van der Waals surface area contributed by atoms with E-state index in [1.165, 1.54) is 31.3 Å². The minimum Gasteiger partial charge on any atom is -0.355 e. The van der Waals surface area contributed by atoms with Crippen LogP contribution in [0.15, 0.2) is 24.3 Å². The molecule has 1 saturated carbocycles. The Morgan fingerprint density at radius 1 is 1.03 bits per heavy atom. The van der Waals surface area contributed by atoms with Crippen LogP contribution in [0, 0.1) is 5.92 Å². The van der Waals surface area contributed by atoms with Crippen molar-refractivity contribution in [3.8, 4) is 0 Å². The first-order valence-electron chi connectivity index (χ1n) is 9.64. The molecule has 3 rings (SSSR count). The lowest BCUT2D eigenvalue weighted by Gasteiger charge is -2.34. The Kier molecular flexibility index (Phi) is 5.95. The molecule has 1 aliphatic carbocycles. The van der Waals surface area contributed by atoms with Gasteiger partial charge in [0.25, 0.3) is 5.91 Å². The highest BCUT2D eigenvalue weighted by Crippen LogP contribution is 2.31. The number of rotatable bonds is 5. The van der Waals surface area contributed by atoms with Gasteiger partial charge in [-0.3, -0.25) is 24.1 Å². The van der Waals surface area contributed by atoms with Crippen molar-refractivity contribution in [3.63, 3.8) is 0 Å². The van der Waals surface area contributed by atoms with Gasteiger partial charge in [0.2, 0.25) is 5.91 Å². The Hall–Kier alpha value is -3.23. The topological polar surface area (TPSA) is 116 Å². The lowest BCUT2D eigenvalue weighted by molar-refractivity contribution is -0.145. The third-order valence-corrected chi connectivity index (χ3v) is 5.44. The molecule has 1 aromatic carbocycles. The summed E-state index contributed by atoms with van der Waals surface area (Å²) in [4.78, 5) is 63.0. The molecule has 6 amide bonds. The third kappa shape index (κ3) is 4.13. The molecular weight excluding hydrogens is 376 g/mol. The van der Waals surface area contributed by atoms with E-state index in [1.54, 1.807) is 0 Å². The van der Waals surface area contributed by atoms with Crippen molar-refractivity contribution in [2.45, 2.75) is 38.6 Å². The number of hydrogen-bond acceptors (Lipinski definition) is 5. The third-order valence-electron chi connectivity index (χ3n) is 5.44. The van der Waals surface area contributed by atoms with Crippen LogP contribution < -0.4 is 10.6 Å². The van der Waals surface area contributed by atoms with Crippen molar-refractivity contribution < 1.29 is 24.0 Å². The number of hydrogen-bond donors (Lipinski definition) is 2. The zero-order valence-corrected chi connectivity index (χ0v) is 16.4. The van der Waals surface area contributed by atoms with Crippen LogP contribution >= 0.6 is 0 Å². The molecule has 1 aromatic rings. The van der Waals surface area contributed by atoms with Gasteiger partial charge in [0.15, 0.2) is 0 Å². The number of amides is 6. The Labute approximate surface area is 168 Å². The van der Waals surface area contributed by atoms with Gasteiger partial charge in [0, 0.05) is 24.3 Å². The molecule has 1 heterocycles. The molecule has 0 radical (unpaired) electrons. The molecule has 2 atom stereocenters. The number of urea groups is 1. The maximum absolute atomic E-state index is 12.7. The molecule has 0 spiro atoms. The van der Waals surface area contributed by atoms with Gasteiger partial charge < -0.3 is 10.6 Å². The average molecular weight is 400 g/mol. The molecular formula is C20H24N4O5. The zero-order chi connectivity index (χ0) is 21.1. The van der Waals surface area contributed by atoms with Gasteiger partial charge in [-0.15, -0.1) is 0 Å². The highest BCUT2D eigenvalue weighted by atomic mass is 16.2. The molecule has 154 valence electrons. The molecule has 0 unspecified atom stereocenters. The van der Waals surface area contributed by atoms with Gasteiger partial charge in [-0.25, -0.2) is 9.69 Å². The minimum atomic E-state index is -0.974. The molecule has 0 aromatic heterocycles. The van der Waals surface area contributed by atoms with Crippen molar-refractivity contribution in [2.24, 2.45) is 5.92 Å². The van der Waals surface area contributed by atoms with Crippen molar-refractivity contribution >= 4 is 35.3 Å². The Morgan fingerprint density at radius 2 is 1.69 bits per heavy atom. The van der Waals surface area contributed by atoms with Gasteiger partial charge in [-0.1, -0.05) is 19.8 Å². The first-order valence-corrected chi connectivity index (χ1v) is 9.64. The van der Waals surface area contributed by atoms with E-state index in [1.807, 2.05) is 6.92 Å². The van der Waals surface area contributed by atoms with E-state index in [0.29, 0.717) is 22.6 Å². The quantitative estimate of drug-likeness (QED) is 0.572.